The molecule has 1 aliphatic rings. The lowest BCUT2D eigenvalue weighted by Crippen LogP contribution is -2.34. The zero-order chi connectivity index (χ0) is 14.7. The molecule has 0 saturated heterocycles. The van der Waals surface area contributed by atoms with Gasteiger partial charge >= 0.3 is 6.03 Å². The molecule has 110 valence electrons. The van der Waals surface area contributed by atoms with Gasteiger partial charge in [0.1, 0.15) is 17.9 Å². The fourth-order valence-corrected chi connectivity index (χ4v) is 2.47. The van der Waals surface area contributed by atoms with Gasteiger partial charge in [-0.25, -0.2) is 14.8 Å². The molecule has 2 N–H and O–H groups in total. The molecule has 0 aliphatic heterocycles. The molecule has 0 fully saturated rings. The number of hydrogen-bond donors (Lipinski definition) is 2. The van der Waals surface area contributed by atoms with E-state index in [1.54, 1.807) is 12.3 Å². The van der Waals surface area contributed by atoms with Crippen LogP contribution in [0.5, 0.6) is 5.88 Å². The molecule has 0 spiro atoms. The third-order valence-electron chi connectivity index (χ3n) is 3.45. The minimum atomic E-state index is -0.310. The fraction of sp³-hybridized carbons (Fsp3) is 0.357. The van der Waals surface area contributed by atoms with Crippen LogP contribution >= 0.6 is 0 Å². The van der Waals surface area contributed by atoms with Crippen LogP contribution in [-0.2, 0) is 6.42 Å². The molecule has 2 heterocycles. The number of carbonyl (C=O) groups is 1. The quantitative estimate of drug-likeness (QED) is 0.904. The van der Waals surface area contributed by atoms with Gasteiger partial charge in [-0.2, -0.15) is 0 Å². The van der Waals surface area contributed by atoms with Gasteiger partial charge in [0.05, 0.1) is 19.4 Å². The molecule has 3 rings (SSSR count). The van der Waals surface area contributed by atoms with Crippen molar-refractivity contribution in [1.29, 1.82) is 0 Å². The monoisotopic (exact) mass is 288 g/mol. The first kappa shape index (κ1) is 13.4. The second kappa shape index (κ2) is 5.82. The van der Waals surface area contributed by atoms with Gasteiger partial charge in [-0.15, -0.1) is 0 Å². The number of anilines is 1. The van der Waals surface area contributed by atoms with Crippen LogP contribution in [0.2, 0.25) is 0 Å². The predicted octanol–water partition coefficient (Wildman–Crippen LogP) is 2.28. The molecule has 7 heteroatoms. The van der Waals surface area contributed by atoms with Crippen LogP contribution < -0.4 is 15.4 Å². The number of methoxy groups -OCH3 is 1. The van der Waals surface area contributed by atoms with Crippen molar-refractivity contribution in [3.8, 4) is 5.88 Å². The van der Waals surface area contributed by atoms with Gasteiger partial charge in [0.25, 0.3) is 0 Å². The molecule has 2 aromatic heterocycles. The van der Waals surface area contributed by atoms with Crippen molar-refractivity contribution in [3.63, 3.8) is 0 Å². The Morgan fingerprint density at radius 1 is 1.48 bits per heavy atom. The third-order valence-corrected chi connectivity index (χ3v) is 3.45. The smallest absolute Gasteiger partial charge is 0.320 e. The van der Waals surface area contributed by atoms with E-state index in [-0.39, 0.29) is 12.1 Å². The first-order valence-electron chi connectivity index (χ1n) is 6.76. The van der Waals surface area contributed by atoms with Gasteiger partial charge in [-0.1, -0.05) is 0 Å². The highest BCUT2D eigenvalue weighted by Crippen LogP contribution is 2.30. The summed E-state index contributed by atoms with van der Waals surface area (Å²) < 4.78 is 10.4. The lowest BCUT2D eigenvalue weighted by atomic mass is 9.93. The second-order valence-corrected chi connectivity index (χ2v) is 4.79. The molecule has 0 bridgehead atoms. The summed E-state index contributed by atoms with van der Waals surface area (Å²) in [5, 5.41) is 5.61. The molecule has 1 aliphatic carbocycles. The van der Waals surface area contributed by atoms with E-state index in [9.17, 15) is 4.79 Å². The van der Waals surface area contributed by atoms with E-state index >= 15 is 0 Å². The Kier molecular flexibility index (Phi) is 3.72. The summed E-state index contributed by atoms with van der Waals surface area (Å²) in [6.45, 7) is 0. The number of amides is 2. The molecule has 0 saturated carbocycles. The number of urea groups is 1. The SMILES string of the molecule is COc1cc(NC(=O)NC2CCCc3occc32)ncn1. The Balaban J connectivity index is 1.65. The summed E-state index contributed by atoms with van der Waals surface area (Å²) >= 11 is 0. The van der Waals surface area contributed by atoms with Crippen LogP contribution in [0.3, 0.4) is 0 Å². The molecular formula is C14H16N4O3. The summed E-state index contributed by atoms with van der Waals surface area (Å²) in [5.41, 5.74) is 1.05. The van der Waals surface area contributed by atoms with Crippen LogP contribution in [0.4, 0.5) is 10.6 Å². The molecular weight excluding hydrogens is 272 g/mol. The zero-order valence-electron chi connectivity index (χ0n) is 11.6. The third kappa shape index (κ3) is 2.96. The van der Waals surface area contributed by atoms with Crippen LogP contribution in [0.25, 0.3) is 0 Å². The molecule has 1 unspecified atom stereocenters. The summed E-state index contributed by atoms with van der Waals surface area (Å²) in [5.74, 6) is 1.74. The standard InChI is InChI=1S/C14H16N4O3/c1-20-13-7-12(15-8-16-13)18-14(19)17-10-3-2-4-11-9(10)5-6-21-11/h5-8,10H,2-4H2,1H3,(H2,15,16,17,18,19). The Hall–Kier alpha value is -2.57. The minimum Gasteiger partial charge on any atom is -0.481 e. The van der Waals surface area contributed by atoms with Crippen molar-refractivity contribution in [3.05, 3.63) is 36.0 Å². The highest BCUT2D eigenvalue weighted by molar-refractivity contribution is 5.88. The maximum Gasteiger partial charge on any atom is 0.320 e. The molecule has 0 aromatic carbocycles. The van der Waals surface area contributed by atoms with Crippen molar-refractivity contribution >= 4 is 11.8 Å². The second-order valence-electron chi connectivity index (χ2n) is 4.79. The van der Waals surface area contributed by atoms with Gasteiger partial charge in [0.2, 0.25) is 5.88 Å². The molecule has 1 atom stereocenters. The summed E-state index contributed by atoms with van der Waals surface area (Å²) in [7, 11) is 1.51. The van der Waals surface area contributed by atoms with Gasteiger partial charge in [-0.3, -0.25) is 5.32 Å². The maximum absolute atomic E-state index is 12.1. The molecule has 0 radical (unpaired) electrons. The van der Waals surface area contributed by atoms with Gasteiger partial charge in [0, 0.05) is 18.1 Å². The Morgan fingerprint density at radius 3 is 3.24 bits per heavy atom. The number of nitrogens with zero attached hydrogens (tertiary/aromatic N) is 2. The van der Waals surface area contributed by atoms with Crippen LogP contribution in [0, 0.1) is 0 Å². The van der Waals surface area contributed by atoms with Crippen LogP contribution in [-0.4, -0.2) is 23.1 Å². The van der Waals surface area contributed by atoms with Gasteiger partial charge < -0.3 is 14.5 Å². The number of ether oxygens (including phenoxy) is 1. The highest BCUT2D eigenvalue weighted by Gasteiger charge is 2.24. The van der Waals surface area contributed by atoms with Gasteiger partial charge in [0.15, 0.2) is 0 Å². The zero-order valence-corrected chi connectivity index (χ0v) is 11.6. The Labute approximate surface area is 121 Å². The normalized spacial score (nSPS) is 16.9. The first-order chi connectivity index (χ1) is 10.3. The predicted molar refractivity (Wildman–Crippen MR) is 75.1 cm³/mol. The van der Waals surface area contributed by atoms with Gasteiger partial charge in [-0.05, 0) is 18.9 Å². The number of fused-ring (bicyclic) bond motifs is 1. The molecule has 7 nitrogen and oxygen atoms in total. The van der Waals surface area contributed by atoms with Crippen LogP contribution in [0.1, 0.15) is 30.2 Å². The summed E-state index contributed by atoms with van der Waals surface area (Å²) in [4.78, 5) is 19.9. The summed E-state index contributed by atoms with van der Waals surface area (Å²) in [6, 6.07) is 3.13. The number of aromatic nitrogens is 2. The van der Waals surface area contributed by atoms with E-state index in [4.69, 9.17) is 9.15 Å². The minimum absolute atomic E-state index is 0.0313. The number of aryl methyl sites for hydroxylation is 1. The maximum atomic E-state index is 12.1. The largest absolute Gasteiger partial charge is 0.481 e. The lowest BCUT2D eigenvalue weighted by molar-refractivity contribution is 0.246. The number of rotatable bonds is 3. The molecule has 2 amide bonds. The topological polar surface area (TPSA) is 89.3 Å². The average Bonchev–Trinajstić information content (AvgIpc) is 2.97. The first-order valence-corrected chi connectivity index (χ1v) is 6.76. The molecule has 2 aromatic rings. The van der Waals surface area contributed by atoms with Crippen LogP contribution in [0.15, 0.2) is 29.1 Å². The number of nitrogens with one attached hydrogen (secondary N) is 2. The number of furan rings is 1. The van der Waals surface area contributed by atoms with E-state index in [2.05, 4.69) is 20.6 Å². The Morgan fingerprint density at radius 2 is 2.38 bits per heavy atom. The van der Waals surface area contributed by atoms with E-state index < -0.39 is 0 Å². The summed E-state index contributed by atoms with van der Waals surface area (Å²) in [6.07, 6.45) is 5.81. The van der Waals surface area contributed by atoms with E-state index in [0.717, 1.165) is 30.6 Å². The van der Waals surface area contributed by atoms with E-state index in [0.29, 0.717) is 11.7 Å². The Bertz CT molecular complexity index is 641. The highest BCUT2D eigenvalue weighted by atomic mass is 16.5. The van der Waals surface area contributed by atoms with E-state index in [1.807, 2.05) is 6.07 Å². The van der Waals surface area contributed by atoms with Crippen molar-refractivity contribution < 1.29 is 13.9 Å². The van der Waals surface area contributed by atoms with E-state index in [1.165, 1.54) is 13.4 Å². The molecule has 21 heavy (non-hydrogen) atoms. The van der Waals surface area contributed by atoms with Crippen molar-refractivity contribution in [2.75, 3.05) is 12.4 Å². The number of carbonyl (C=O) groups excluding carboxylic acids is 1. The number of hydrogen-bond acceptors (Lipinski definition) is 5. The fourth-order valence-electron chi connectivity index (χ4n) is 2.47. The van der Waals surface area contributed by atoms with Crippen molar-refractivity contribution in [1.82, 2.24) is 15.3 Å². The van der Waals surface area contributed by atoms with Crippen molar-refractivity contribution in [2.24, 2.45) is 0 Å². The van der Waals surface area contributed by atoms with Crippen molar-refractivity contribution in [2.45, 2.75) is 25.3 Å². The average molecular weight is 288 g/mol. The lowest BCUT2D eigenvalue weighted by Gasteiger charge is -2.22.